The summed E-state index contributed by atoms with van der Waals surface area (Å²) in [7, 11) is 0. The van der Waals surface area contributed by atoms with Gasteiger partial charge in [0.25, 0.3) is 0 Å². The number of fused-ring (bicyclic) bond motifs is 1. The predicted molar refractivity (Wildman–Crippen MR) is 66.2 cm³/mol. The maximum atomic E-state index is 8.93. The van der Waals surface area contributed by atoms with Gasteiger partial charge in [-0.2, -0.15) is 23.3 Å². The third-order valence-corrected chi connectivity index (χ3v) is 2.15. The Morgan fingerprint density at radius 3 is 2.06 bits per heavy atom. The van der Waals surface area contributed by atoms with Crippen molar-refractivity contribution in [1.82, 2.24) is 0 Å². The molecule has 0 heterocycles. The van der Waals surface area contributed by atoms with Crippen molar-refractivity contribution >= 4 is 0 Å². The normalized spacial score (nSPS) is 11.3. The van der Waals surface area contributed by atoms with E-state index in [1.807, 2.05) is 0 Å². The van der Waals surface area contributed by atoms with Gasteiger partial charge in [0, 0.05) is 0 Å². The summed E-state index contributed by atoms with van der Waals surface area (Å²) in [6, 6.07) is 6.69. The molecule has 0 spiro atoms. The molecule has 0 bridgehead atoms. The molecule has 0 aromatic heterocycles. The smallest absolute Gasteiger partial charge is 0.855 e. The topological polar surface area (TPSA) is 46.1 Å². The van der Waals surface area contributed by atoms with Gasteiger partial charge in [0.05, 0.1) is 0 Å². The minimum Gasteiger partial charge on any atom is -0.855 e. The standard InChI is InChI=1S/C9H11.2C2H5O.CH3.Zr/c1-2-5-9-7-3-6-8(9)4-1;2*1-2-3;;/h3,6-7H,1-2,4-5H2;2*2H2,1H3;1H3;/q4*-1;+4. The maximum absolute atomic E-state index is 8.93. The second-order valence-corrected chi connectivity index (χ2v) is 3.36. The molecule has 1 aromatic carbocycles. The van der Waals surface area contributed by atoms with Crippen molar-refractivity contribution in [2.45, 2.75) is 39.5 Å². The molecule has 0 N–H and O–H groups in total. The number of aryl methyl sites for hydroxylation is 2. The molecule has 1 aliphatic carbocycles. The van der Waals surface area contributed by atoms with Crippen LogP contribution in [0.2, 0.25) is 0 Å². The summed E-state index contributed by atoms with van der Waals surface area (Å²) < 4.78 is 0. The Hall–Kier alpha value is 0.153. The van der Waals surface area contributed by atoms with Crippen molar-refractivity contribution in [2.24, 2.45) is 0 Å². The Kier molecular flexibility index (Phi) is 21.2. The van der Waals surface area contributed by atoms with Gasteiger partial charge in [-0.1, -0.05) is 39.5 Å². The Labute approximate surface area is 126 Å². The molecule has 1 aliphatic rings. The summed E-state index contributed by atoms with van der Waals surface area (Å²) >= 11 is 0. The van der Waals surface area contributed by atoms with E-state index in [1.165, 1.54) is 25.7 Å². The molecule has 0 atom stereocenters. The first kappa shape index (κ1) is 22.3. The van der Waals surface area contributed by atoms with Crippen LogP contribution in [0.25, 0.3) is 0 Å². The van der Waals surface area contributed by atoms with Crippen molar-refractivity contribution < 1.29 is 36.4 Å². The van der Waals surface area contributed by atoms with Crippen LogP contribution in [-0.4, -0.2) is 13.2 Å². The molecule has 0 saturated carbocycles. The zero-order chi connectivity index (χ0) is 11.5. The molecule has 0 radical (unpaired) electrons. The second kappa shape index (κ2) is 16.2. The molecule has 0 fully saturated rings. The van der Waals surface area contributed by atoms with Crippen LogP contribution in [0.15, 0.2) is 18.2 Å². The van der Waals surface area contributed by atoms with Crippen LogP contribution in [0, 0.1) is 7.43 Å². The first-order valence-electron chi connectivity index (χ1n) is 5.69. The monoisotopic (exact) mass is 314 g/mol. The van der Waals surface area contributed by atoms with Crippen molar-refractivity contribution in [3.05, 3.63) is 36.8 Å². The van der Waals surface area contributed by atoms with E-state index < -0.39 is 0 Å². The molecule has 2 nitrogen and oxygen atoms in total. The van der Waals surface area contributed by atoms with Crippen LogP contribution < -0.4 is 10.2 Å². The Balaban J connectivity index is -0.000000215. The molecule has 3 heteroatoms. The molecular weight excluding hydrogens is 291 g/mol. The first-order chi connectivity index (χ1) is 7.29. The van der Waals surface area contributed by atoms with Crippen molar-refractivity contribution in [3.8, 4) is 0 Å². The molecule has 0 aliphatic heterocycles. The van der Waals surface area contributed by atoms with E-state index in [4.69, 9.17) is 10.2 Å². The van der Waals surface area contributed by atoms with E-state index in [0.717, 1.165) is 0 Å². The minimum atomic E-state index is 0. The average molecular weight is 316 g/mol. The molecule has 0 unspecified atom stereocenters. The van der Waals surface area contributed by atoms with E-state index in [1.54, 1.807) is 25.0 Å². The number of hydrogen-bond acceptors (Lipinski definition) is 2. The van der Waals surface area contributed by atoms with Crippen LogP contribution in [0.1, 0.15) is 37.8 Å². The predicted octanol–water partition coefficient (Wildman–Crippen LogP) is 1.47. The zero-order valence-corrected chi connectivity index (χ0v) is 13.7. The van der Waals surface area contributed by atoms with Crippen molar-refractivity contribution in [1.29, 1.82) is 0 Å². The molecule has 2 rings (SSSR count). The molecule has 17 heavy (non-hydrogen) atoms. The van der Waals surface area contributed by atoms with Gasteiger partial charge in [-0.05, 0) is 0 Å². The van der Waals surface area contributed by atoms with Crippen LogP contribution in [0.3, 0.4) is 0 Å². The summed E-state index contributed by atoms with van der Waals surface area (Å²) in [5.74, 6) is 0. The van der Waals surface area contributed by atoms with Crippen molar-refractivity contribution in [3.63, 3.8) is 0 Å². The van der Waals surface area contributed by atoms with Crippen LogP contribution in [-0.2, 0) is 39.0 Å². The van der Waals surface area contributed by atoms with Crippen LogP contribution >= 0.6 is 0 Å². The fraction of sp³-hybridized carbons (Fsp3) is 0.571. The Morgan fingerprint density at radius 1 is 1.12 bits per heavy atom. The van der Waals surface area contributed by atoms with Gasteiger partial charge in [-0.25, -0.2) is 6.07 Å². The van der Waals surface area contributed by atoms with E-state index in [9.17, 15) is 0 Å². The Bertz CT molecular complexity index is 211. The fourth-order valence-electron chi connectivity index (χ4n) is 1.61. The zero-order valence-electron chi connectivity index (χ0n) is 11.3. The van der Waals surface area contributed by atoms with Gasteiger partial charge in [-0.3, -0.25) is 0 Å². The van der Waals surface area contributed by atoms with E-state index in [-0.39, 0.29) is 46.8 Å². The van der Waals surface area contributed by atoms with Gasteiger partial charge in [0.1, 0.15) is 0 Å². The number of hydrogen-bond donors (Lipinski definition) is 0. The fourth-order valence-corrected chi connectivity index (χ4v) is 1.61. The van der Waals surface area contributed by atoms with Crippen LogP contribution in [0.5, 0.6) is 0 Å². The third-order valence-electron chi connectivity index (χ3n) is 2.15. The Morgan fingerprint density at radius 2 is 1.59 bits per heavy atom. The molecular formula is C14H24O2Zr. The first-order valence-corrected chi connectivity index (χ1v) is 5.69. The summed E-state index contributed by atoms with van der Waals surface area (Å²) in [5.41, 5.74) is 3.20. The summed E-state index contributed by atoms with van der Waals surface area (Å²) in [6.45, 7) is 3.14. The van der Waals surface area contributed by atoms with Gasteiger partial charge < -0.3 is 17.6 Å². The minimum absolute atomic E-state index is 0. The largest absolute Gasteiger partial charge is 4.00 e. The van der Waals surface area contributed by atoms with Crippen LogP contribution in [0.4, 0.5) is 0 Å². The van der Waals surface area contributed by atoms with Gasteiger partial charge in [0.15, 0.2) is 0 Å². The van der Waals surface area contributed by atoms with Crippen molar-refractivity contribution in [2.75, 3.05) is 13.2 Å². The molecule has 0 amide bonds. The average Bonchev–Trinajstić information content (AvgIpc) is 2.67. The van der Waals surface area contributed by atoms with E-state index in [2.05, 4.69) is 18.2 Å². The molecule has 96 valence electrons. The maximum Gasteiger partial charge on any atom is 4.00 e. The quantitative estimate of drug-likeness (QED) is 0.681. The molecule has 0 saturated heterocycles. The van der Waals surface area contributed by atoms with Gasteiger partial charge in [-0.15, -0.1) is 13.2 Å². The van der Waals surface area contributed by atoms with E-state index in [0.29, 0.717) is 0 Å². The summed E-state index contributed by atoms with van der Waals surface area (Å²) in [4.78, 5) is 0. The van der Waals surface area contributed by atoms with E-state index >= 15 is 0 Å². The SMILES string of the molecule is CC[O-].CC[O-].[CH3-].[Zr+4].c1cc2c([cH-]1)CCCC2. The van der Waals surface area contributed by atoms with Gasteiger partial charge >= 0.3 is 26.2 Å². The number of rotatable bonds is 0. The summed E-state index contributed by atoms with van der Waals surface area (Å²) in [5, 5.41) is 17.9. The summed E-state index contributed by atoms with van der Waals surface area (Å²) in [6.07, 6.45) is 5.44. The molecule has 1 aromatic rings. The van der Waals surface area contributed by atoms with Gasteiger partial charge in [0.2, 0.25) is 0 Å². The third kappa shape index (κ3) is 11.0. The second-order valence-electron chi connectivity index (χ2n) is 3.36.